The van der Waals surface area contributed by atoms with Gasteiger partial charge in [-0.2, -0.15) is 0 Å². The van der Waals surface area contributed by atoms with Gasteiger partial charge in [-0.15, -0.1) is 0 Å². The number of piperazine rings is 1. The topological polar surface area (TPSA) is 66.6 Å². The fourth-order valence-corrected chi connectivity index (χ4v) is 3.00. The number of carbonyl (C=O) groups is 2. The van der Waals surface area contributed by atoms with E-state index in [9.17, 15) is 18.4 Å². The van der Waals surface area contributed by atoms with Gasteiger partial charge in [0, 0.05) is 43.9 Å². The minimum atomic E-state index is -1.02. The highest BCUT2D eigenvalue weighted by molar-refractivity contribution is 5.94. The van der Waals surface area contributed by atoms with E-state index in [0.29, 0.717) is 38.3 Å². The van der Waals surface area contributed by atoms with Crippen molar-refractivity contribution in [3.63, 3.8) is 0 Å². The van der Waals surface area contributed by atoms with Gasteiger partial charge in [0.15, 0.2) is 11.6 Å². The molecule has 0 aliphatic carbocycles. The molecule has 26 heavy (non-hydrogen) atoms. The third-order valence-corrected chi connectivity index (χ3v) is 4.44. The molecule has 2 aromatic rings. The third kappa shape index (κ3) is 4.05. The number of rotatable bonds is 4. The smallest absolute Gasteiger partial charge is 0.254 e. The first-order valence-electron chi connectivity index (χ1n) is 8.29. The summed E-state index contributed by atoms with van der Waals surface area (Å²) in [6.45, 7) is 2.93. The van der Waals surface area contributed by atoms with E-state index < -0.39 is 17.5 Å². The zero-order valence-electron chi connectivity index (χ0n) is 14.1. The SMILES string of the molecule is NC(=O)c1cccc(CN2CCN(C(=O)c3ccc(F)c(F)c3)CC2)c1. The Kier molecular flexibility index (Phi) is 5.27. The maximum absolute atomic E-state index is 13.3. The van der Waals surface area contributed by atoms with Crippen molar-refractivity contribution in [3.8, 4) is 0 Å². The molecule has 0 aromatic heterocycles. The lowest BCUT2D eigenvalue weighted by atomic mass is 10.1. The summed E-state index contributed by atoms with van der Waals surface area (Å²) in [5.41, 5.74) is 6.88. The lowest BCUT2D eigenvalue weighted by molar-refractivity contribution is 0.0627. The highest BCUT2D eigenvalue weighted by Crippen LogP contribution is 2.15. The summed E-state index contributed by atoms with van der Waals surface area (Å²) in [6, 6.07) is 10.3. The summed E-state index contributed by atoms with van der Waals surface area (Å²) >= 11 is 0. The third-order valence-electron chi connectivity index (χ3n) is 4.44. The molecule has 1 heterocycles. The fourth-order valence-electron chi connectivity index (χ4n) is 3.00. The molecule has 0 unspecified atom stereocenters. The van der Waals surface area contributed by atoms with Gasteiger partial charge in [0.05, 0.1) is 0 Å². The molecule has 1 aliphatic rings. The second-order valence-electron chi connectivity index (χ2n) is 6.26. The molecule has 5 nitrogen and oxygen atoms in total. The Morgan fingerprint density at radius 3 is 2.31 bits per heavy atom. The van der Waals surface area contributed by atoms with Gasteiger partial charge in [-0.05, 0) is 35.9 Å². The zero-order valence-corrected chi connectivity index (χ0v) is 14.1. The average molecular weight is 359 g/mol. The highest BCUT2D eigenvalue weighted by atomic mass is 19.2. The Balaban J connectivity index is 1.58. The molecular weight excluding hydrogens is 340 g/mol. The van der Waals surface area contributed by atoms with Crippen LogP contribution in [0.25, 0.3) is 0 Å². The predicted octanol–water partition coefficient (Wildman–Crippen LogP) is 2.02. The van der Waals surface area contributed by atoms with E-state index in [4.69, 9.17) is 5.73 Å². The summed E-state index contributed by atoms with van der Waals surface area (Å²) in [7, 11) is 0. The minimum absolute atomic E-state index is 0.145. The summed E-state index contributed by atoms with van der Waals surface area (Å²) in [6.07, 6.45) is 0. The normalized spacial score (nSPS) is 15.1. The number of hydrogen-bond acceptors (Lipinski definition) is 3. The van der Waals surface area contributed by atoms with Crippen LogP contribution in [0.15, 0.2) is 42.5 Å². The Labute approximate surface area is 150 Å². The van der Waals surface area contributed by atoms with Crippen LogP contribution in [0.3, 0.4) is 0 Å². The van der Waals surface area contributed by atoms with Crippen molar-refractivity contribution in [2.75, 3.05) is 26.2 Å². The molecule has 3 rings (SSSR count). The van der Waals surface area contributed by atoms with Gasteiger partial charge in [0.25, 0.3) is 5.91 Å². The second kappa shape index (κ2) is 7.61. The van der Waals surface area contributed by atoms with Gasteiger partial charge in [-0.1, -0.05) is 12.1 Å². The standard InChI is InChI=1S/C19H19F2N3O2/c20-16-5-4-15(11-17(16)21)19(26)24-8-6-23(7-9-24)12-13-2-1-3-14(10-13)18(22)25/h1-5,10-11H,6-9,12H2,(H2,22,25). The number of amides is 2. The van der Waals surface area contributed by atoms with Crippen molar-refractivity contribution in [2.45, 2.75) is 6.54 Å². The van der Waals surface area contributed by atoms with Gasteiger partial charge in [-0.3, -0.25) is 14.5 Å². The number of carbonyl (C=O) groups excluding carboxylic acids is 2. The molecular formula is C19H19F2N3O2. The number of halogens is 2. The molecule has 1 fully saturated rings. The summed E-state index contributed by atoms with van der Waals surface area (Å²) in [5.74, 6) is -2.76. The van der Waals surface area contributed by atoms with Crippen LogP contribution in [0, 0.1) is 11.6 Å². The summed E-state index contributed by atoms with van der Waals surface area (Å²) < 4.78 is 26.3. The van der Waals surface area contributed by atoms with Crippen molar-refractivity contribution in [1.82, 2.24) is 9.80 Å². The van der Waals surface area contributed by atoms with Gasteiger partial charge in [0.1, 0.15) is 0 Å². The first-order chi connectivity index (χ1) is 12.4. The maximum Gasteiger partial charge on any atom is 0.254 e. The Morgan fingerprint density at radius 2 is 1.65 bits per heavy atom. The number of benzene rings is 2. The molecule has 0 spiro atoms. The van der Waals surface area contributed by atoms with Gasteiger partial charge >= 0.3 is 0 Å². The molecule has 0 radical (unpaired) electrons. The van der Waals surface area contributed by atoms with Crippen molar-refractivity contribution >= 4 is 11.8 Å². The van der Waals surface area contributed by atoms with E-state index in [1.807, 2.05) is 6.07 Å². The summed E-state index contributed by atoms with van der Waals surface area (Å²) in [4.78, 5) is 27.5. The molecule has 0 saturated carbocycles. The number of primary amides is 1. The number of hydrogen-bond donors (Lipinski definition) is 1. The molecule has 1 saturated heterocycles. The largest absolute Gasteiger partial charge is 0.366 e. The Morgan fingerprint density at radius 1 is 0.923 bits per heavy atom. The van der Waals surface area contributed by atoms with Crippen LogP contribution < -0.4 is 5.73 Å². The Hall–Kier alpha value is -2.80. The minimum Gasteiger partial charge on any atom is -0.366 e. The van der Waals surface area contributed by atoms with Crippen molar-refractivity contribution in [2.24, 2.45) is 5.73 Å². The van der Waals surface area contributed by atoms with Crippen molar-refractivity contribution in [1.29, 1.82) is 0 Å². The van der Waals surface area contributed by atoms with Crippen molar-refractivity contribution in [3.05, 3.63) is 70.8 Å². The molecule has 2 aromatic carbocycles. The van der Waals surface area contributed by atoms with Crippen molar-refractivity contribution < 1.29 is 18.4 Å². The molecule has 136 valence electrons. The predicted molar refractivity (Wildman–Crippen MR) is 92.5 cm³/mol. The lowest BCUT2D eigenvalue weighted by Crippen LogP contribution is -2.48. The van der Waals surface area contributed by atoms with E-state index in [-0.39, 0.29) is 11.5 Å². The monoisotopic (exact) mass is 359 g/mol. The molecule has 1 aliphatic heterocycles. The fraction of sp³-hybridized carbons (Fsp3) is 0.263. The number of nitrogens with two attached hydrogens (primary N) is 1. The van der Waals surface area contributed by atoms with Gasteiger partial charge in [0.2, 0.25) is 5.91 Å². The second-order valence-corrected chi connectivity index (χ2v) is 6.26. The van der Waals surface area contributed by atoms with Crippen LogP contribution in [0.4, 0.5) is 8.78 Å². The Bertz CT molecular complexity index is 833. The van der Waals surface area contributed by atoms with E-state index in [0.717, 1.165) is 17.7 Å². The van der Waals surface area contributed by atoms with Crippen LogP contribution in [0.5, 0.6) is 0 Å². The first-order valence-corrected chi connectivity index (χ1v) is 8.29. The lowest BCUT2D eigenvalue weighted by Gasteiger charge is -2.34. The maximum atomic E-state index is 13.3. The molecule has 7 heteroatoms. The molecule has 0 bridgehead atoms. The number of nitrogens with zero attached hydrogens (tertiary/aromatic N) is 2. The quantitative estimate of drug-likeness (QED) is 0.908. The van der Waals surface area contributed by atoms with E-state index in [1.165, 1.54) is 6.07 Å². The van der Waals surface area contributed by atoms with Crippen LogP contribution in [0.2, 0.25) is 0 Å². The summed E-state index contributed by atoms with van der Waals surface area (Å²) in [5, 5.41) is 0. The molecule has 2 amide bonds. The highest BCUT2D eigenvalue weighted by Gasteiger charge is 2.23. The van der Waals surface area contributed by atoms with Gasteiger partial charge < -0.3 is 10.6 Å². The molecule has 2 N–H and O–H groups in total. The van der Waals surface area contributed by atoms with E-state index >= 15 is 0 Å². The zero-order chi connectivity index (χ0) is 18.7. The van der Waals surface area contributed by atoms with E-state index in [2.05, 4.69) is 4.90 Å². The van der Waals surface area contributed by atoms with Crippen LogP contribution in [-0.2, 0) is 6.54 Å². The van der Waals surface area contributed by atoms with Crippen LogP contribution in [-0.4, -0.2) is 47.8 Å². The molecule has 0 atom stereocenters. The first kappa shape index (κ1) is 18.0. The van der Waals surface area contributed by atoms with Crippen LogP contribution in [0.1, 0.15) is 26.3 Å². The van der Waals surface area contributed by atoms with Crippen LogP contribution >= 0.6 is 0 Å². The van der Waals surface area contributed by atoms with Gasteiger partial charge in [-0.25, -0.2) is 8.78 Å². The van der Waals surface area contributed by atoms with E-state index in [1.54, 1.807) is 23.1 Å². The average Bonchev–Trinajstić information content (AvgIpc) is 2.64.